The maximum Gasteiger partial charge on any atom is 0.331 e. The summed E-state index contributed by atoms with van der Waals surface area (Å²) in [5.74, 6) is -0.287. The van der Waals surface area contributed by atoms with Gasteiger partial charge in [0.15, 0.2) is 6.10 Å². The first-order chi connectivity index (χ1) is 13.3. The summed E-state index contributed by atoms with van der Waals surface area (Å²) < 4.78 is 11.4. The second-order valence-corrected chi connectivity index (χ2v) is 7.21. The molecule has 27 heavy (non-hydrogen) atoms. The van der Waals surface area contributed by atoms with Gasteiger partial charge in [-0.25, -0.2) is 4.79 Å². The van der Waals surface area contributed by atoms with Crippen LogP contribution in [0.5, 0.6) is 0 Å². The van der Waals surface area contributed by atoms with Crippen molar-refractivity contribution < 1.29 is 14.3 Å². The van der Waals surface area contributed by atoms with Crippen LogP contribution in [0.25, 0.3) is 0 Å². The first kappa shape index (κ1) is 21.4. The number of carbonyl (C=O) groups excluding carboxylic acids is 1. The van der Waals surface area contributed by atoms with E-state index in [-0.39, 0.29) is 18.2 Å². The largest absolute Gasteiger partial charge is 0.452 e. The fourth-order valence-corrected chi connectivity index (χ4v) is 3.22. The molecule has 0 radical (unpaired) electrons. The maximum atomic E-state index is 11.4. The Hall–Kier alpha value is -1.87. The molecule has 3 heteroatoms. The van der Waals surface area contributed by atoms with Crippen molar-refractivity contribution in [2.24, 2.45) is 0 Å². The van der Waals surface area contributed by atoms with Gasteiger partial charge in [0.1, 0.15) is 6.10 Å². The van der Waals surface area contributed by atoms with E-state index >= 15 is 0 Å². The third-order valence-electron chi connectivity index (χ3n) is 4.83. The van der Waals surface area contributed by atoms with Gasteiger partial charge in [0.2, 0.25) is 0 Å². The van der Waals surface area contributed by atoms with Gasteiger partial charge in [0.05, 0.1) is 6.61 Å². The van der Waals surface area contributed by atoms with Crippen LogP contribution in [-0.4, -0.2) is 18.2 Å². The van der Waals surface area contributed by atoms with Crippen molar-refractivity contribution in [3.63, 3.8) is 0 Å². The highest BCUT2D eigenvalue weighted by atomic mass is 16.6. The van der Waals surface area contributed by atoms with E-state index in [1.165, 1.54) is 57.4 Å². The summed E-state index contributed by atoms with van der Waals surface area (Å²) in [5, 5.41) is 0. The number of rotatable bonds is 14. The second kappa shape index (κ2) is 13.3. The van der Waals surface area contributed by atoms with Gasteiger partial charge in [-0.1, -0.05) is 94.4 Å². The Bertz CT molecular complexity index is 577. The lowest BCUT2D eigenvalue weighted by atomic mass is 10.1. The van der Waals surface area contributed by atoms with Crippen molar-refractivity contribution in [2.75, 3.05) is 0 Å². The zero-order chi connectivity index (χ0) is 19.2. The lowest BCUT2D eigenvalue weighted by Crippen LogP contribution is -2.27. The molecule has 0 fully saturated rings. The van der Waals surface area contributed by atoms with Gasteiger partial charge in [-0.05, 0) is 24.5 Å². The predicted molar refractivity (Wildman–Crippen MR) is 110 cm³/mol. The Balaban J connectivity index is 1.69. The summed E-state index contributed by atoms with van der Waals surface area (Å²) in [6.07, 6.45) is 18.6. The van der Waals surface area contributed by atoms with Crippen LogP contribution < -0.4 is 0 Å². The molecule has 0 saturated carbocycles. The average molecular weight is 371 g/mol. The number of cyclic esters (lactones) is 1. The second-order valence-electron chi connectivity index (χ2n) is 7.21. The number of benzene rings is 1. The Kier molecular flexibility index (Phi) is 10.6. The highest BCUT2D eigenvalue weighted by Gasteiger charge is 2.25. The van der Waals surface area contributed by atoms with E-state index in [1.54, 1.807) is 6.08 Å². The fraction of sp³-hybridized carbons (Fsp3) is 0.542. The van der Waals surface area contributed by atoms with E-state index in [0.717, 1.165) is 12.0 Å². The lowest BCUT2D eigenvalue weighted by molar-refractivity contribution is -0.143. The molecule has 0 unspecified atom stereocenters. The van der Waals surface area contributed by atoms with Crippen molar-refractivity contribution in [3.8, 4) is 0 Å². The number of unbranched alkanes of at least 4 members (excludes halogenated alkanes) is 8. The van der Waals surface area contributed by atoms with Crippen LogP contribution in [0.2, 0.25) is 0 Å². The van der Waals surface area contributed by atoms with Crippen LogP contribution in [0.15, 0.2) is 54.6 Å². The Morgan fingerprint density at radius 2 is 1.74 bits per heavy atom. The number of ether oxygens (including phenoxy) is 2. The van der Waals surface area contributed by atoms with Crippen molar-refractivity contribution in [1.29, 1.82) is 0 Å². The van der Waals surface area contributed by atoms with E-state index in [9.17, 15) is 4.79 Å². The summed E-state index contributed by atoms with van der Waals surface area (Å²) in [7, 11) is 0. The molecule has 0 aliphatic carbocycles. The molecule has 1 aliphatic rings. The van der Waals surface area contributed by atoms with Crippen molar-refractivity contribution in [1.82, 2.24) is 0 Å². The standard InChI is InChI=1S/C24H34O3/c1-2-3-4-5-6-7-8-9-10-14-17-22(23-18-19-24(25)27-23)26-20-21-15-12-11-13-16-21/h11-19,22-23H,2-10,20H2,1H3/b17-14+/t22-,23-/m1/s1. The first-order valence-corrected chi connectivity index (χ1v) is 10.5. The molecular formula is C24H34O3. The molecule has 0 saturated heterocycles. The van der Waals surface area contributed by atoms with Crippen LogP contribution >= 0.6 is 0 Å². The molecule has 148 valence electrons. The SMILES string of the molecule is CCCCCCCCCC/C=C/[C@@H](OCc1ccccc1)[C@H]1C=CC(=O)O1. The molecule has 0 aromatic heterocycles. The third kappa shape index (κ3) is 9.05. The number of carbonyl (C=O) groups is 1. The third-order valence-corrected chi connectivity index (χ3v) is 4.83. The molecule has 1 aromatic carbocycles. The van der Waals surface area contributed by atoms with E-state index in [0.29, 0.717) is 6.61 Å². The quantitative estimate of drug-likeness (QED) is 0.224. The van der Waals surface area contributed by atoms with Gasteiger partial charge in [0, 0.05) is 6.08 Å². The average Bonchev–Trinajstić information content (AvgIpc) is 3.12. The smallest absolute Gasteiger partial charge is 0.331 e. The van der Waals surface area contributed by atoms with Crippen LogP contribution in [-0.2, 0) is 20.9 Å². The predicted octanol–water partition coefficient (Wildman–Crippen LogP) is 6.14. The minimum absolute atomic E-state index is 0.234. The molecule has 0 N–H and O–H groups in total. The molecule has 0 bridgehead atoms. The highest BCUT2D eigenvalue weighted by Crippen LogP contribution is 2.17. The topological polar surface area (TPSA) is 35.5 Å². The zero-order valence-electron chi connectivity index (χ0n) is 16.6. The Morgan fingerprint density at radius 1 is 1.04 bits per heavy atom. The summed E-state index contributed by atoms with van der Waals surface area (Å²) in [4.78, 5) is 11.4. The molecule has 1 heterocycles. The monoisotopic (exact) mass is 370 g/mol. The number of allylic oxidation sites excluding steroid dienone is 1. The zero-order valence-corrected chi connectivity index (χ0v) is 16.6. The van der Waals surface area contributed by atoms with E-state index in [2.05, 4.69) is 19.1 Å². The Labute approximate surface area is 164 Å². The molecule has 0 spiro atoms. The van der Waals surface area contributed by atoms with Gasteiger partial charge in [-0.2, -0.15) is 0 Å². The normalized spacial score (nSPS) is 17.5. The van der Waals surface area contributed by atoms with E-state index in [4.69, 9.17) is 9.47 Å². The van der Waals surface area contributed by atoms with E-state index < -0.39 is 0 Å². The molecule has 3 nitrogen and oxygen atoms in total. The van der Waals surface area contributed by atoms with Gasteiger partial charge < -0.3 is 9.47 Å². The number of esters is 1. The molecule has 2 atom stereocenters. The van der Waals surface area contributed by atoms with Crippen molar-refractivity contribution >= 4 is 5.97 Å². The van der Waals surface area contributed by atoms with Gasteiger partial charge in [0.25, 0.3) is 0 Å². The molecule has 0 amide bonds. The van der Waals surface area contributed by atoms with E-state index in [1.807, 2.05) is 30.3 Å². The summed E-state index contributed by atoms with van der Waals surface area (Å²) >= 11 is 0. The van der Waals surface area contributed by atoms with Crippen molar-refractivity contribution in [2.45, 2.75) is 83.5 Å². The van der Waals surface area contributed by atoms with Gasteiger partial charge in [-0.3, -0.25) is 0 Å². The van der Waals surface area contributed by atoms with Crippen molar-refractivity contribution in [3.05, 3.63) is 60.2 Å². The summed E-state index contributed by atoms with van der Waals surface area (Å²) in [6, 6.07) is 10.1. The molecule has 1 aliphatic heterocycles. The summed E-state index contributed by atoms with van der Waals surface area (Å²) in [5.41, 5.74) is 1.12. The van der Waals surface area contributed by atoms with Crippen LogP contribution in [0.3, 0.4) is 0 Å². The highest BCUT2D eigenvalue weighted by molar-refractivity contribution is 5.84. The minimum Gasteiger partial charge on any atom is -0.452 e. The number of hydrogen-bond donors (Lipinski definition) is 0. The van der Waals surface area contributed by atoms with Crippen LogP contribution in [0.4, 0.5) is 0 Å². The lowest BCUT2D eigenvalue weighted by Gasteiger charge is -2.19. The van der Waals surface area contributed by atoms with Gasteiger partial charge >= 0.3 is 5.97 Å². The number of hydrogen-bond acceptors (Lipinski definition) is 3. The fourth-order valence-electron chi connectivity index (χ4n) is 3.22. The molecular weight excluding hydrogens is 336 g/mol. The first-order valence-electron chi connectivity index (χ1n) is 10.5. The molecule has 2 rings (SSSR count). The Morgan fingerprint density at radius 3 is 2.41 bits per heavy atom. The van der Waals surface area contributed by atoms with Gasteiger partial charge in [-0.15, -0.1) is 0 Å². The summed E-state index contributed by atoms with van der Waals surface area (Å²) in [6.45, 7) is 2.76. The van der Waals surface area contributed by atoms with Crippen LogP contribution in [0, 0.1) is 0 Å². The maximum absolute atomic E-state index is 11.4. The minimum atomic E-state index is -0.323. The molecule has 1 aromatic rings. The van der Waals surface area contributed by atoms with Crippen LogP contribution in [0.1, 0.15) is 70.3 Å².